The standard InChI is InChI=1S/C13H18ClNO4S/c1-3-9-19-12-7-5-11(6-8-12)15(10-13(14)16)20(17,18)4-2/h5-8H,3-4,9-10H2,1-2H3. The van der Waals surface area contributed by atoms with Crippen molar-refractivity contribution in [3.63, 3.8) is 0 Å². The molecular weight excluding hydrogens is 302 g/mol. The van der Waals surface area contributed by atoms with Crippen molar-refractivity contribution in [3.05, 3.63) is 24.3 Å². The number of ether oxygens (including phenoxy) is 1. The van der Waals surface area contributed by atoms with E-state index in [1.807, 2.05) is 6.92 Å². The lowest BCUT2D eigenvalue weighted by Gasteiger charge is -2.22. The molecule has 0 saturated heterocycles. The van der Waals surface area contributed by atoms with Crippen LogP contribution in [0.2, 0.25) is 0 Å². The van der Waals surface area contributed by atoms with E-state index in [2.05, 4.69) is 0 Å². The Morgan fingerprint density at radius 2 is 1.85 bits per heavy atom. The van der Waals surface area contributed by atoms with Crippen molar-refractivity contribution in [2.24, 2.45) is 0 Å². The number of carbonyl (C=O) groups excluding carboxylic acids is 1. The highest BCUT2D eigenvalue weighted by Crippen LogP contribution is 2.22. The molecule has 7 heteroatoms. The van der Waals surface area contributed by atoms with E-state index in [-0.39, 0.29) is 12.3 Å². The molecule has 0 amide bonds. The van der Waals surface area contributed by atoms with Gasteiger partial charge in [0, 0.05) is 0 Å². The number of sulfonamides is 1. The molecule has 0 N–H and O–H groups in total. The molecule has 1 rings (SSSR count). The average molecular weight is 320 g/mol. The van der Waals surface area contributed by atoms with Crippen LogP contribution in [0.25, 0.3) is 0 Å². The van der Waals surface area contributed by atoms with Crippen LogP contribution in [-0.2, 0) is 14.8 Å². The maximum absolute atomic E-state index is 12.0. The van der Waals surface area contributed by atoms with Crippen molar-refractivity contribution in [2.75, 3.05) is 23.2 Å². The van der Waals surface area contributed by atoms with E-state index in [1.54, 1.807) is 24.3 Å². The molecule has 0 radical (unpaired) electrons. The minimum atomic E-state index is -3.55. The highest BCUT2D eigenvalue weighted by atomic mass is 35.5. The zero-order valence-electron chi connectivity index (χ0n) is 11.5. The summed E-state index contributed by atoms with van der Waals surface area (Å²) >= 11 is 5.32. The van der Waals surface area contributed by atoms with Gasteiger partial charge in [0.05, 0.1) is 18.0 Å². The van der Waals surface area contributed by atoms with E-state index in [0.717, 1.165) is 10.7 Å². The smallest absolute Gasteiger partial charge is 0.242 e. The van der Waals surface area contributed by atoms with Gasteiger partial charge in [0.25, 0.3) is 0 Å². The van der Waals surface area contributed by atoms with Crippen LogP contribution < -0.4 is 9.04 Å². The second kappa shape index (κ2) is 7.50. The highest BCUT2D eigenvalue weighted by molar-refractivity contribution is 7.92. The van der Waals surface area contributed by atoms with Gasteiger partial charge in [-0.3, -0.25) is 9.10 Å². The minimum absolute atomic E-state index is 0.106. The second-order valence-electron chi connectivity index (χ2n) is 4.10. The Balaban J connectivity index is 3.00. The quantitative estimate of drug-likeness (QED) is 0.690. The fourth-order valence-corrected chi connectivity index (χ4v) is 2.81. The predicted molar refractivity (Wildman–Crippen MR) is 79.9 cm³/mol. The maximum atomic E-state index is 12.0. The van der Waals surface area contributed by atoms with Gasteiger partial charge in [-0.25, -0.2) is 8.42 Å². The molecule has 112 valence electrons. The molecule has 0 unspecified atom stereocenters. The number of hydrogen-bond donors (Lipinski definition) is 0. The van der Waals surface area contributed by atoms with Gasteiger partial charge in [-0.2, -0.15) is 0 Å². The van der Waals surface area contributed by atoms with Crippen LogP contribution in [0.1, 0.15) is 20.3 Å². The SMILES string of the molecule is CCCOc1ccc(N(CC(=O)Cl)S(=O)(=O)CC)cc1. The Morgan fingerprint density at radius 3 is 2.30 bits per heavy atom. The normalized spacial score (nSPS) is 11.2. The summed E-state index contributed by atoms with van der Waals surface area (Å²) in [7, 11) is -3.55. The lowest BCUT2D eigenvalue weighted by Crippen LogP contribution is -2.35. The van der Waals surface area contributed by atoms with Gasteiger partial charge in [-0.05, 0) is 49.2 Å². The number of nitrogens with zero attached hydrogens (tertiary/aromatic N) is 1. The van der Waals surface area contributed by atoms with Gasteiger partial charge < -0.3 is 4.74 Å². The Kier molecular flexibility index (Phi) is 6.29. The van der Waals surface area contributed by atoms with Crippen molar-refractivity contribution in [1.29, 1.82) is 0 Å². The van der Waals surface area contributed by atoms with Crippen LogP contribution in [0.5, 0.6) is 5.75 Å². The summed E-state index contributed by atoms with van der Waals surface area (Å²) in [6.45, 7) is 3.72. The first-order chi connectivity index (χ1) is 9.40. The van der Waals surface area contributed by atoms with Crippen molar-refractivity contribution in [1.82, 2.24) is 0 Å². The largest absolute Gasteiger partial charge is 0.494 e. The maximum Gasteiger partial charge on any atom is 0.242 e. The van der Waals surface area contributed by atoms with Crippen molar-refractivity contribution in [3.8, 4) is 5.75 Å². The molecular formula is C13H18ClNO4S. The zero-order valence-corrected chi connectivity index (χ0v) is 13.1. The molecule has 0 heterocycles. The second-order valence-corrected chi connectivity index (χ2v) is 6.71. The van der Waals surface area contributed by atoms with Gasteiger partial charge in [0.15, 0.2) is 0 Å². The lowest BCUT2D eigenvalue weighted by atomic mass is 10.3. The molecule has 0 atom stereocenters. The van der Waals surface area contributed by atoms with Crippen LogP contribution in [-0.4, -0.2) is 32.6 Å². The predicted octanol–water partition coefficient (Wildman–Crippen LogP) is 2.40. The molecule has 1 aromatic rings. The third-order valence-electron chi connectivity index (χ3n) is 2.57. The lowest BCUT2D eigenvalue weighted by molar-refractivity contribution is -0.110. The highest BCUT2D eigenvalue weighted by Gasteiger charge is 2.22. The topological polar surface area (TPSA) is 63.7 Å². The van der Waals surface area contributed by atoms with Crippen LogP contribution in [0.4, 0.5) is 5.69 Å². The Labute approximate surface area is 124 Å². The molecule has 0 saturated carbocycles. The number of anilines is 1. The van der Waals surface area contributed by atoms with Gasteiger partial charge in [0.1, 0.15) is 12.3 Å². The molecule has 0 spiro atoms. The van der Waals surface area contributed by atoms with Gasteiger partial charge in [-0.15, -0.1) is 0 Å². The molecule has 0 bridgehead atoms. The van der Waals surface area contributed by atoms with Crippen LogP contribution in [0.3, 0.4) is 0 Å². The summed E-state index contributed by atoms with van der Waals surface area (Å²) in [5, 5.41) is -0.728. The Hall–Kier alpha value is -1.27. The number of benzene rings is 1. The molecule has 0 aliphatic carbocycles. The number of hydrogen-bond acceptors (Lipinski definition) is 4. The first-order valence-electron chi connectivity index (χ1n) is 6.32. The van der Waals surface area contributed by atoms with E-state index >= 15 is 0 Å². The number of rotatable bonds is 8. The molecule has 1 aromatic carbocycles. The monoisotopic (exact) mass is 319 g/mol. The third-order valence-corrected chi connectivity index (χ3v) is 4.43. The number of halogens is 1. The van der Waals surface area contributed by atoms with Crippen molar-refractivity contribution < 1.29 is 17.9 Å². The third kappa shape index (κ3) is 4.68. The number of carbonyl (C=O) groups is 1. The molecule has 5 nitrogen and oxygen atoms in total. The first kappa shape index (κ1) is 16.8. The van der Waals surface area contributed by atoms with E-state index in [0.29, 0.717) is 18.0 Å². The Bertz CT molecular complexity index is 542. The fraction of sp³-hybridized carbons (Fsp3) is 0.462. The van der Waals surface area contributed by atoms with Gasteiger partial charge in [-0.1, -0.05) is 6.92 Å². The van der Waals surface area contributed by atoms with Crippen LogP contribution in [0, 0.1) is 0 Å². The van der Waals surface area contributed by atoms with Gasteiger partial charge in [0.2, 0.25) is 15.3 Å². The Morgan fingerprint density at radius 1 is 1.25 bits per heavy atom. The van der Waals surface area contributed by atoms with E-state index < -0.39 is 15.3 Å². The average Bonchev–Trinajstić information content (AvgIpc) is 2.43. The van der Waals surface area contributed by atoms with E-state index in [4.69, 9.17) is 16.3 Å². The minimum Gasteiger partial charge on any atom is -0.494 e. The van der Waals surface area contributed by atoms with E-state index in [1.165, 1.54) is 6.92 Å². The molecule has 20 heavy (non-hydrogen) atoms. The molecule has 0 aliphatic rings. The van der Waals surface area contributed by atoms with Crippen molar-refractivity contribution >= 4 is 32.6 Å². The fourth-order valence-electron chi connectivity index (χ4n) is 1.55. The first-order valence-corrected chi connectivity index (χ1v) is 8.31. The summed E-state index contributed by atoms with van der Waals surface area (Å²) in [6.07, 6.45) is 0.888. The van der Waals surface area contributed by atoms with Crippen LogP contribution in [0.15, 0.2) is 24.3 Å². The molecule has 0 fully saturated rings. The van der Waals surface area contributed by atoms with Gasteiger partial charge >= 0.3 is 0 Å². The summed E-state index contributed by atoms with van der Waals surface area (Å²) in [4.78, 5) is 11.0. The summed E-state index contributed by atoms with van der Waals surface area (Å²) in [5.41, 5.74) is 0.393. The summed E-state index contributed by atoms with van der Waals surface area (Å²) in [5.74, 6) is 0.548. The molecule has 0 aliphatic heterocycles. The summed E-state index contributed by atoms with van der Waals surface area (Å²) < 4.78 is 30.4. The summed E-state index contributed by atoms with van der Waals surface area (Å²) in [6, 6.07) is 6.53. The molecule has 0 aromatic heterocycles. The zero-order chi connectivity index (χ0) is 15.2. The van der Waals surface area contributed by atoms with Crippen molar-refractivity contribution in [2.45, 2.75) is 20.3 Å². The van der Waals surface area contributed by atoms with E-state index in [9.17, 15) is 13.2 Å². The van der Waals surface area contributed by atoms with Crippen LogP contribution >= 0.6 is 11.6 Å².